The Morgan fingerprint density at radius 2 is 1.55 bits per heavy atom. The van der Waals surface area contributed by atoms with Gasteiger partial charge in [-0.1, -0.05) is 23.7 Å². The van der Waals surface area contributed by atoms with Crippen LogP contribution in [0.4, 0.5) is 21.5 Å². The van der Waals surface area contributed by atoms with Crippen molar-refractivity contribution in [2.75, 3.05) is 11.1 Å². The zero-order chi connectivity index (χ0) is 21.1. The van der Waals surface area contributed by atoms with E-state index in [4.69, 9.17) is 17.3 Å². The van der Waals surface area contributed by atoms with Crippen LogP contribution in [0.5, 0.6) is 0 Å². The minimum Gasteiger partial charge on any atom is -0.478 e. The molecule has 8 heteroatoms. The number of hydrogen-bond donors (Lipinski definition) is 4. The minimum absolute atomic E-state index is 0.00701. The number of nitrogens with two attached hydrogens (primary N) is 1. The zero-order valence-corrected chi connectivity index (χ0v) is 15.7. The van der Waals surface area contributed by atoms with Crippen LogP contribution in [0.15, 0.2) is 54.6 Å². The number of anilines is 3. The molecule has 0 aromatic heterocycles. The number of halogens is 2. The van der Waals surface area contributed by atoms with Crippen LogP contribution in [-0.4, -0.2) is 22.2 Å². The van der Waals surface area contributed by atoms with Crippen LogP contribution in [0.2, 0.25) is 5.02 Å². The van der Waals surface area contributed by atoms with Crippen LogP contribution >= 0.6 is 11.6 Å². The highest BCUT2D eigenvalue weighted by Crippen LogP contribution is 2.27. The summed E-state index contributed by atoms with van der Waals surface area (Å²) in [6.07, 6.45) is 0.323. The molecule has 3 aromatic rings. The van der Waals surface area contributed by atoms with E-state index in [-0.39, 0.29) is 21.8 Å². The summed E-state index contributed by atoms with van der Waals surface area (Å²) in [7, 11) is 0. The molecule has 0 spiro atoms. The Morgan fingerprint density at radius 3 is 2.17 bits per heavy atom. The Labute approximate surface area is 170 Å². The molecule has 0 aliphatic rings. The summed E-state index contributed by atoms with van der Waals surface area (Å²) in [6.45, 7) is 0. The van der Waals surface area contributed by atoms with Gasteiger partial charge in [0, 0.05) is 11.4 Å². The Morgan fingerprint density at radius 1 is 0.931 bits per heavy atom. The molecular formula is C21H16ClFN2O4. The lowest BCUT2D eigenvalue weighted by Crippen LogP contribution is -2.05. The summed E-state index contributed by atoms with van der Waals surface area (Å²) in [6, 6.07) is 13.4. The Bertz CT molecular complexity index is 1120. The van der Waals surface area contributed by atoms with Gasteiger partial charge in [-0.15, -0.1) is 0 Å². The molecule has 29 heavy (non-hydrogen) atoms. The predicted molar refractivity (Wildman–Crippen MR) is 109 cm³/mol. The van der Waals surface area contributed by atoms with Gasteiger partial charge in [0.2, 0.25) is 0 Å². The Hall–Kier alpha value is -3.58. The summed E-state index contributed by atoms with van der Waals surface area (Å²) in [5, 5.41) is 21.6. The molecule has 3 rings (SSSR count). The van der Waals surface area contributed by atoms with Crippen LogP contribution in [-0.2, 0) is 6.42 Å². The monoisotopic (exact) mass is 414 g/mol. The fourth-order valence-electron chi connectivity index (χ4n) is 2.85. The summed E-state index contributed by atoms with van der Waals surface area (Å²) >= 11 is 5.76. The number of nitrogens with one attached hydrogen (secondary N) is 1. The molecule has 0 amide bonds. The van der Waals surface area contributed by atoms with Crippen molar-refractivity contribution < 1.29 is 24.2 Å². The first-order valence-electron chi connectivity index (χ1n) is 8.44. The summed E-state index contributed by atoms with van der Waals surface area (Å²) in [5.41, 5.74) is 7.93. The highest BCUT2D eigenvalue weighted by Gasteiger charge is 2.14. The van der Waals surface area contributed by atoms with Gasteiger partial charge in [0.25, 0.3) is 0 Å². The lowest BCUT2D eigenvalue weighted by Gasteiger charge is -2.12. The van der Waals surface area contributed by atoms with Gasteiger partial charge in [0.15, 0.2) is 0 Å². The van der Waals surface area contributed by atoms with Gasteiger partial charge in [-0.05, 0) is 60.0 Å². The fourth-order valence-corrected chi connectivity index (χ4v) is 3.03. The maximum absolute atomic E-state index is 13.3. The standard InChI is InChI=1S/C21H16ClFN2O4/c22-16-10-13(3-4-17(16)23)25-19-6-2-12(9-15(19)21(28)29)7-11-1-5-18(24)14(8-11)20(26)27/h1-6,8-10,25H,7,24H2,(H,26,27)(H,28,29). The molecule has 0 aliphatic heterocycles. The van der Waals surface area contributed by atoms with E-state index in [1.807, 2.05) is 0 Å². The maximum Gasteiger partial charge on any atom is 0.337 e. The third-order valence-corrected chi connectivity index (χ3v) is 4.56. The molecule has 0 bridgehead atoms. The average molecular weight is 415 g/mol. The summed E-state index contributed by atoms with van der Waals surface area (Å²) < 4.78 is 13.3. The third-order valence-electron chi connectivity index (χ3n) is 4.27. The van der Waals surface area contributed by atoms with Gasteiger partial charge < -0.3 is 21.3 Å². The number of carboxylic acid groups (broad SMARTS) is 2. The van der Waals surface area contributed by atoms with E-state index >= 15 is 0 Å². The fraction of sp³-hybridized carbons (Fsp3) is 0.0476. The molecule has 0 heterocycles. The normalized spacial score (nSPS) is 10.6. The van der Waals surface area contributed by atoms with Crippen molar-refractivity contribution in [2.24, 2.45) is 0 Å². The number of hydrogen-bond acceptors (Lipinski definition) is 4. The van der Waals surface area contributed by atoms with E-state index in [0.29, 0.717) is 28.9 Å². The topological polar surface area (TPSA) is 113 Å². The van der Waals surface area contributed by atoms with E-state index in [1.165, 1.54) is 36.4 Å². The van der Waals surface area contributed by atoms with E-state index in [9.17, 15) is 24.2 Å². The molecule has 0 atom stereocenters. The van der Waals surface area contributed by atoms with Crippen molar-refractivity contribution in [3.8, 4) is 0 Å². The number of carbonyl (C=O) groups is 2. The smallest absolute Gasteiger partial charge is 0.337 e. The SMILES string of the molecule is Nc1ccc(Cc2ccc(Nc3ccc(F)c(Cl)c3)c(C(=O)O)c2)cc1C(=O)O. The maximum atomic E-state index is 13.3. The molecule has 148 valence electrons. The van der Waals surface area contributed by atoms with Crippen LogP contribution < -0.4 is 11.1 Å². The van der Waals surface area contributed by atoms with Crippen molar-refractivity contribution in [1.29, 1.82) is 0 Å². The molecule has 0 radical (unpaired) electrons. The van der Waals surface area contributed by atoms with Crippen molar-refractivity contribution in [3.05, 3.63) is 87.7 Å². The molecule has 0 aliphatic carbocycles. The van der Waals surface area contributed by atoms with Crippen molar-refractivity contribution in [2.45, 2.75) is 6.42 Å². The van der Waals surface area contributed by atoms with Crippen molar-refractivity contribution in [3.63, 3.8) is 0 Å². The first-order valence-corrected chi connectivity index (χ1v) is 8.82. The van der Waals surface area contributed by atoms with Crippen molar-refractivity contribution in [1.82, 2.24) is 0 Å². The van der Waals surface area contributed by atoms with Gasteiger partial charge in [0.1, 0.15) is 5.82 Å². The molecule has 0 unspecified atom stereocenters. The molecular weight excluding hydrogens is 399 g/mol. The van der Waals surface area contributed by atoms with E-state index in [1.54, 1.807) is 18.2 Å². The second-order valence-corrected chi connectivity index (χ2v) is 6.75. The molecule has 0 fully saturated rings. The van der Waals surface area contributed by atoms with Crippen molar-refractivity contribution >= 4 is 40.6 Å². The lowest BCUT2D eigenvalue weighted by atomic mass is 9.99. The molecule has 0 saturated heterocycles. The van der Waals surface area contributed by atoms with Gasteiger partial charge >= 0.3 is 11.9 Å². The largest absolute Gasteiger partial charge is 0.478 e. The highest BCUT2D eigenvalue weighted by molar-refractivity contribution is 6.31. The van der Waals surface area contributed by atoms with Gasteiger partial charge in [-0.3, -0.25) is 0 Å². The van der Waals surface area contributed by atoms with Gasteiger partial charge in [-0.25, -0.2) is 14.0 Å². The first-order chi connectivity index (χ1) is 13.7. The highest BCUT2D eigenvalue weighted by atomic mass is 35.5. The Kier molecular flexibility index (Phi) is 5.70. The molecule has 6 nitrogen and oxygen atoms in total. The van der Waals surface area contributed by atoms with E-state index < -0.39 is 17.8 Å². The summed E-state index contributed by atoms with van der Waals surface area (Å²) in [4.78, 5) is 22.9. The number of benzene rings is 3. The predicted octanol–water partition coefficient (Wildman–Crippen LogP) is 4.79. The van der Waals surface area contributed by atoms with E-state index in [2.05, 4.69) is 5.32 Å². The van der Waals surface area contributed by atoms with Crippen LogP contribution in [0, 0.1) is 5.82 Å². The first kappa shape index (κ1) is 20.2. The average Bonchev–Trinajstić information content (AvgIpc) is 2.67. The second kappa shape index (κ2) is 8.20. The third kappa shape index (κ3) is 4.64. The van der Waals surface area contributed by atoms with Crippen LogP contribution in [0.3, 0.4) is 0 Å². The van der Waals surface area contributed by atoms with Crippen LogP contribution in [0.25, 0.3) is 0 Å². The quantitative estimate of drug-likeness (QED) is 0.431. The number of rotatable bonds is 6. The van der Waals surface area contributed by atoms with Gasteiger partial charge in [0.05, 0.1) is 21.8 Å². The van der Waals surface area contributed by atoms with E-state index in [0.717, 1.165) is 0 Å². The summed E-state index contributed by atoms with van der Waals surface area (Å²) in [5.74, 6) is -2.85. The number of carboxylic acids is 2. The Balaban J connectivity index is 1.90. The minimum atomic E-state index is -1.15. The second-order valence-electron chi connectivity index (χ2n) is 6.34. The van der Waals surface area contributed by atoms with Gasteiger partial charge in [-0.2, -0.15) is 0 Å². The number of aromatic carboxylic acids is 2. The molecule has 5 N–H and O–H groups in total. The molecule has 0 saturated carbocycles. The number of nitrogen functional groups attached to an aromatic ring is 1. The van der Waals surface area contributed by atoms with Crippen LogP contribution in [0.1, 0.15) is 31.8 Å². The zero-order valence-electron chi connectivity index (χ0n) is 14.9. The molecule has 3 aromatic carbocycles. The lowest BCUT2D eigenvalue weighted by molar-refractivity contribution is 0.0687.